The van der Waals surface area contributed by atoms with Gasteiger partial charge in [-0.2, -0.15) is 18.3 Å². The molecule has 5 nitrogen and oxygen atoms in total. The molecule has 1 amide bonds. The van der Waals surface area contributed by atoms with Crippen molar-refractivity contribution in [1.82, 2.24) is 14.6 Å². The smallest absolute Gasteiger partial charge is 0.320 e. The summed E-state index contributed by atoms with van der Waals surface area (Å²) in [5, 5.41) is 6.55. The van der Waals surface area contributed by atoms with Crippen molar-refractivity contribution in [2.45, 2.75) is 20.0 Å². The van der Waals surface area contributed by atoms with Crippen LogP contribution < -0.4 is 5.32 Å². The van der Waals surface area contributed by atoms with E-state index in [9.17, 15) is 18.0 Å². The Kier molecular flexibility index (Phi) is 4.77. The second-order valence-corrected chi connectivity index (χ2v) is 6.96. The first-order chi connectivity index (χ1) is 14.2. The van der Waals surface area contributed by atoms with Crippen molar-refractivity contribution >= 4 is 17.2 Å². The molecule has 1 N–H and O–H groups in total. The third-order valence-corrected chi connectivity index (χ3v) is 4.69. The number of carbonyl (C=O) groups excluding carboxylic acids is 1. The number of rotatable bonds is 3. The van der Waals surface area contributed by atoms with Crippen LogP contribution in [0.15, 0.2) is 60.7 Å². The highest BCUT2D eigenvalue weighted by Crippen LogP contribution is 2.32. The number of para-hydroxylation sites is 1. The maximum atomic E-state index is 13.7. The van der Waals surface area contributed by atoms with Crippen molar-refractivity contribution < 1.29 is 18.0 Å². The minimum atomic E-state index is -4.67. The van der Waals surface area contributed by atoms with Gasteiger partial charge >= 0.3 is 6.18 Å². The predicted octanol–water partition coefficient (Wildman–Crippen LogP) is 5.28. The molecule has 0 aliphatic rings. The molecule has 4 rings (SSSR count). The summed E-state index contributed by atoms with van der Waals surface area (Å²) in [7, 11) is 0. The van der Waals surface area contributed by atoms with E-state index in [1.165, 1.54) is 6.07 Å². The average Bonchev–Trinajstić information content (AvgIpc) is 3.13. The minimum Gasteiger partial charge on any atom is -0.320 e. The molecule has 0 aliphatic heterocycles. The van der Waals surface area contributed by atoms with Crippen molar-refractivity contribution in [3.8, 4) is 11.3 Å². The summed E-state index contributed by atoms with van der Waals surface area (Å²) in [5.41, 5.74) is 1.84. The Hall–Kier alpha value is -3.68. The number of amides is 1. The molecule has 0 spiro atoms. The van der Waals surface area contributed by atoms with Crippen molar-refractivity contribution in [2.75, 3.05) is 5.32 Å². The summed E-state index contributed by atoms with van der Waals surface area (Å²) in [4.78, 5) is 16.9. The topological polar surface area (TPSA) is 59.3 Å². The molecule has 4 aromatic rings. The molecule has 0 fully saturated rings. The average molecular weight is 410 g/mol. The zero-order valence-electron chi connectivity index (χ0n) is 16.2. The van der Waals surface area contributed by atoms with Crippen molar-refractivity contribution in [3.05, 3.63) is 83.2 Å². The summed E-state index contributed by atoms with van der Waals surface area (Å²) in [6.45, 7) is 3.70. The monoisotopic (exact) mass is 410 g/mol. The Morgan fingerprint density at radius 3 is 2.37 bits per heavy atom. The second-order valence-electron chi connectivity index (χ2n) is 6.96. The van der Waals surface area contributed by atoms with Crippen LogP contribution in [0.1, 0.15) is 27.3 Å². The first-order valence-corrected chi connectivity index (χ1v) is 9.14. The Labute approximate surface area is 170 Å². The van der Waals surface area contributed by atoms with E-state index in [0.717, 1.165) is 17.2 Å². The van der Waals surface area contributed by atoms with Gasteiger partial charge in [0.15, 0.2) is 17.0 Å². The van der Waals surface area contributed by atoms with Crippen molar-refractivity contribution in [1.29, 1.82) is 0 Å². The predicted molar refractivity (Wildman–Crippen MR) is 107 cm³/mol. The maximum Gasteiger partial charge on any atom is 0.433 e. The number of aryl methyl sites for hydroxylation is 2. The van der Waals surface area contributed by atoms with Crippen LogP contribution in [0, 0.1) is 13.8 Å². The van der Waals surface area contributed by atoms with E-state index in [0.29, 0.717) is 15.8 Å². The lowest BCUT2D eigenvalue weighted by molar-refractivity contribution is -0.142. The quantitative estimate of drug-likeness (QED) is 0.500. The van der Waals surface area contributed by atoms with Crippen LogP contribution in [0.5, 0.6) is 0 Å². The number of fused-ring (bicyclic) bond motifs is 1. The molecular weight excluding hydrogens is 393 g/mol. The molecule has 0 aliphatic carbocycles. The molecule has 2 aromatic heterocycles. The standard InChI is InChI=1S/C22H17F3N4O/c1-13-7-9-15(10-8-13)17-11-19(22(23,24)25)29-20(26-17)12-18(28-29)21(30)27-16-6-4-3-5-14(16)2/h3-12H,1-2H3,(H,27,30). The number of benzene rings is 2. The minimum absolute atomic E-state index is 0.0599. The number of carbonyl (C=O) groups is 1. The van der Waals surface area contributed by atoms with Crippen molar-refractivity contribution in [3.63, 3.8) is 0 Å². The second kappa shape index (κ2) is 7.29. The van der Waals surface area contributed by atoms with Gasteiger partial charge in [-0.15, -0.1) is 0 Å². The molecule has 0 radical (unpaired) electrons. The van der Waals surface area contributed by atoms with Crippen LogP contribution in [0.3, 0.4) is 0 Å². The first kappa shape index (κ1) is 19.6. The van der Waals surface area contributed by atoms with Crippen LogP contribution in [-0.2, 0) is 6.18 Å². The summed E-state index contributed by atoms with van der Waals surface area (Å²) in [5.74, 6) is -0.611. The zero-order valence-corrected chi connectivity index (χ0v) is 16.2. The normalized spacial score (nSPS) is 11.6. The maximum absolute atomic E-state index is 13.7. The molecule has 152 valence electrons. The number of nitrogens with one attached hydrogen (secondary N) is 1. The van der Waals surface area contributed by atoms with E-state index in [1.807, 2.05) is 26.0 Å². The van der Waals surface area contributed by atoms with Gasteiger partial charge in [-0.3, -0.25) is 4.79 Å². The van der Waals surface area contributed by atoms with Gasteiger partial charge < -0.3 is 5.32 Å². The number of nitrogens with zero attached hydrogens (tertiary/aromatic N) is 3. The molecule has 2 heterocycles. The van der Waals surface area contributed by atoms with Gasteiger partial charge in [0.2, 0.25) is 0 Å². The number of alkyl halides is 3. The highest BCUT2D eigenvalue weighted by Gasteiger charge is 2.35. The molecule has 2 aromatic carbocycles. The first-order valence-electron chi connectivity index (χ1n) is 9.14. The molecule has 0 saturated carbocycles. The fourth-order valence-electron chi connectivity index (χ4n) is 3.06. The lowest BCUT2D eigenvalue weighted by Gasteiger charge is -2.11. The van der Waals surface area contributed by atoms with E-state index in [-0.39, 0.29) is 17.0 Å². The Bertz CT molecular complexity index is 1240. The van der Waals surface area contributed by atoms with E-state index in [2.05, 4.69) is 15.4 Å². The number of hydrogen-bond acceptors (Lipinski definition) is 3. The highest BCUT2D eigenvalue weighted by molar-refractivity contribution is 6.03. The van der Waals surface area contributed by atoms with Crippen LogP contribution >= 0.6 is 0 Å². The van der Waals surface area contributed by atoms with E-state index in [4.69, 9.17) is 0 Å². The highest BCUT2D eigenvalue weighted by atomic mass is 19.4. The zero-order chi connectivity index (χ0) is 21.5. The third-order valence-electron chi connectivity index (χ3n) is 4.69. The Balaban J connectivity index is 1.80. The molecule has 0 unspecified atom stereocenters. The Morgan fingerprint density at radius 2 is 1.70 bits per heavy atom. The lowest BCUT2D eigenvalue weighted by atomic mass is 10.1. The summed E-state index contributed by atoms with van der Waals surface area (Å²) >= 11 is 0. The van der Waals surface area contributed by atoms with E-state index in [1.54, 1.807) is 36.4 Å². The number of aromatic nitrogens is 3. The number of anilines is 1. The van der Waals surface area contributed by atoms with Crippen LogP contribution in [0.4, 0.5) is 18.9 Å². The van der Waals surface area contributed by atoms with Gasteiger partial charge in [-0.1, -0.05) is 48.0 Å². The largest absolute Gasteiger partial charge is 0.433 e. The van der Waals surface area contributed by atoms with Gasteiger partial charge in [0.05, 0.1) is 5.69 Å². The fourth-order valence-corrected chi connectivity index (χ4v) is 3.06. The fraction of sp³-hybridized carbons (Fsp3) is 0.136. The molecule has 0 bridgehead atoms. The van der Waals surface area contributed by atoms with Gasteiger partial charge in [0, 0.05) is 17.3 Å². The van der Waals surface area contributed by atoms with Gasteiger partial charge in [0.25, 0.3) is 5.91 Å². The van der Waals surface area contributed by atoms with E-state index >= 15 is 0 Å². The van der Waals surface area contributed by atoms with Crippen molar-refractivity contribution in [2.24, 2.45) is 0 Å². The number of halogens is 3. The summed E-state index contributed by atoms with van der Waals surface area (Å²) in [6.07, 6.45) is -4.67. The van der Waals surface area contributed by atoms with Crippen LogP contribution in [-0.4, -0.2) is 20.5 Å². The summed E-state index contributed by atoms with van der Waals surface area (Å²) < 4.78 is 41.8. The molecule has 0 saturated heterocycles. The molecule has 30 heavy (non-hydrogen) atoms. The number of hydrogen-bond donors (Lipinski definition) is 1. The van der Waals surface area contributed by atoms with Crippen LogP contribution in [0.2, 0.25) is 0 Å². The summed E-state index contributed by atoms with van der Waals surface area (Å²) in [6, 6.07) is 16.3. The van der Waals surface area contributed by atoms with Gasteiger partial charge in [-0.05, 0) is 31.5 Å². The third kappa shape index (κ3) is 3.76. The lowest BCUT2D eigenvalue weighted by Crippen LogP contribution is -2.16. The Morgan fingerprint density at radius 1 is 1.00 bits per heavy atom. The molecule has 8 heteroatoms. The van der Waals surface area contributed by atoms with Gasteiger partial charge in [-0.25, -0.2) is 9.50 Å². The SMILES string of the molecule is Cc1ccc(-c2cc(C(F)(F)F)n3nc(C(=O)Nc4ccccc4C)cc3n2)cc1. The van der Waals surface area contributed by atoms with Crippen LogP contribution in [0.25, 0.3) is 16.9 Å². The molecule has 0 atom stereocenters. The van der Waals surface area contributed by atoms with Gasteiger partial charge in [0.1, 0.15) is 0 Å². The van der Waals surface area contributed by atoms with E-state index < -0.39 is 17.8 Å². The molecular formula is C22H17F3N4O.